The Morgan fingerprint density at radius 1 is 1.04 bits per heavy atom. The van der Waals surface area contributed by atoms with Gasteiger partial charge in [0.15, 0.2) is 6.10 Å². The lowest BCUT2D eigenvalue weighted by atomic mass is 10.1. The molecule has 0 heterocycles. The van der Waals surface area contributed by atoms with Crippen molar-refractivity contribution < 1.29 is 14.3 Å². The smallest absolute Gasteiger partial charge is 0.331 e. The van der Waals surface area contributed by atoms with Gasteiger partial charge in [0.1, 0.15) is 0 Å². The molecule has 4 heteroatoms. The van der Waals surface area contributed by atoms with Crippen LogP contribution < -0.4 is 5.32 Å². The molecule has 4 nitrogen and oxygen atoms in total. The zero-order valence-electron chi connectivity index (χ0n) is 15.0. The van der Waals surface area contributed by atoms with E-state index in [1.54, 1.807) is 13.0 Å². The molecular formula is C21H23NO3. The second-order valence-corrected chi connectivity index (χ2v) is 6.13. The van der Waals surface area contributed by atoms with Gasteiger partial charge in [0.2, 0.25) is 0 Å². The second kappa shape index (κ2) is 8.29. The Morgan fingerprint density at radius 3 is 2.44 bits per heavy atom. The quantitative estimate of drug-likeness (QED) is 0.657. The first-order valence-corrected chi connectivity index (χ1v) is 8.18. The van der Waals surface area contributed by atoms with Crippen LogP contribution in [0.25, 0.3) is 6.08 Å². The summed E-state index contributed by atoms with van der Waals surface area (Å²) in [6.07, 6.45) is 2.12. The van der Waals surface area contributed by atoms with Gasteiger partial charge in [-0.3, -0.25) is 4.79 Å². The van der Waals surface area contributed by atoms with Gasteiger partial charge in [-0.25, -0.2) is 4.79 Å². The van der Waals surface area contributed by atoms with Crippen molar-refractivity contribution in [2.24, 2.45) is 0 Å². The van der Waals surface area contributed by atoms with Crippen LogP contribution in [0.2, 0.25) is 0 Å². The molecule has 1 amide bonds. The van der Waals surface area contributed by atoms with Crippen LogP contribution in [0.5, 0.6) is 0 Å². The molecule has 0 aromatic heterocycles. The third-order valence-electron chi connectivity index (χ3n) is 3.76. The average Bonchev–Trinajstić information content (AvgIpc) is 2.55. The standard InChI is InChI=1S/C21H23NO3/c1-14-6-5-7-18(13-14)9-11-20(23)25-17(4)21(24)22-19-10-8-15(2)12-16(19)3/h5-13,17H,1-4H3,(H,22,24)/b11-9+/t17-/m1/s1. The van der Waals surface area contributed by atoms with E-state index >= 15 is 0 Å². The van der Waals surface area contributed by atoms with Crippen molar-refractivity contribution in [2.45, 2.75) is 33.8 Å². The van der Waals surface area contributed by atoms with E-state index in [-0.39, 0.29) is 5.91 Å². The predicted octanol–water partition coefficient (Wildman–Crippen LogP) is 4.20. The van der Waals surface area contributed by atoms with Crippen LogP contribution >= 0.6 is 0 Å². The van der Waals surface area contributed by atoms with E-state index in [9.17, 15) is 9.59 Å². The number of esters is 1. The van der Waals surface area contributed by atoms with Crippen molar-refractivity contribution in [2.75, 3.05) is 5.32 Å². The van der Waals surface area contributed by atoms with Gasteiger partial charge in [-0.2, -0.15) is 0 Å². The molecule has 2 aromatic carbocycles. The number of aryl methyl sites for hydroxylation is 3. The van der Waals surface area contributed by atoms with Crippen molar-refractivity contribution in [3.8, 4) is 0 Å². The number of nitrogens with one attached hydrogen (secondary N) is 1. The highest BCUT2D eigenvalue weighted by Crippen LogP contribution is 2.16. The minimum Gasteiger partial charge on any atom is -0.449 e. The monoisotopic (exact) mass is 337 g/mol. The Bertz CT molecular complexity index is 809. The van der Waals surface area contributed by atoms with Crippen molar-refractivity contribution in [1.82, 2.24) is 0 Å². The lowest BCUT2D eigenvalue weighted by Crippen LogP contribution is -2.29. The van der Waals surface area contributed by atoms with Crippen molar-refractivity contribution in [1.29, 1.82) is 0 Å². The van der Waals surface area contributed by atoms with E-state index in [1.165, 1.54) is 6.08 Å². The van der Waals surface area contributed by atoms with Gasteiger partial charge in [-0.05, 0) is 51.0 Å². The van der Waals surface area contributed by atoms with Crippen LogP contribution in [0, 0.1) is 20.8 Å². The van der Waals surface area contributed by atoms with Crippen molar-refractivity contribution in [3.05, 3.63) is 70.8 Å². The molecule has 0 saturated heterocycles. The molecule has 0 spiro atoms. The van der Waals surface area contributed by atoms with E-state index in [1.807, 2.05) is 63.2 Å². The summed E-state index contributed by atoms with van der Waals surface area (Å²) >= 11 is 0. The number of benzene rings is 2. The normalized spacial score (nSPS) is 12.0. The number of hydrogen-bond donors (Lipinski definition) is 1. The number of hydrogen-bond acceptors (Lipinski definition) is 3. The Labute approximate surface area is 148 Å². The van der Waals surface area contributed by atoms with Crippen LogP contribution in [-0.4, -0.2) is 18.0 Å². The molecular weight excluding hydrogens is 314 g/mol. The summed E-state index contributed by atoms with van der Waals surface area (Å²) in [6, 6.07) is 13.5. The third kappa shape index (κ3) is 5.60. The molecule has 1 N–H and O–H groups in total. The SMILES string of the molecule is Cc1cccc(/C=C/C(=O)O[C@H](C)C(=O)Nc2ccc(C)cc2C)c1. The fourth-order valence-electron chi connectivity index (χ4n) is 2.39. The highest BCUT2D eigenvalue weighted by Gasteiger charge is 2.17. The van der Waals surface area contributed by atoms with Gasteiger partial charge >= 0.3 is 5.97 Å². The minimum absolute atomic E-state index is 0.357. The number of anilines is 1. The molecule has 0 radical (unpaired) electrons. The van der Waals surface area contributed by atoms with Crippen LogP contribution in [0.1, 0.15) is 29.2 Å². The highest BCUT2D eigenvalue weighted by atomic mass is 16.5. The van der Waals surface area contributed by atoms with Crippen molar-refractivity contribution >= 4 is 23.6 Å². The Morgan fingerprint density at radius 2 is 1.76 bits per heavy atom. The number of ether oxygens (including phenoxy) is 1. The first kappa shape index (κ1) is 18.5. The molecule has 0 fully saturated rings. The van der Waals surface area contributed by atoms with Gasteiger partial charge in [0, 0.05) is 11.8 Å². The number of carbonyl (C=O) groups is 2. The average molecular weight is 337 g/mol. The molecule has 0 aliphatic heterocycles. The largest absolute Gasteiger partial charge is 0.449 e. The van der Waals surface area contributed by atoms with Gasteiger partial charge in [-0.1, -0.05) is 47.5 Å². The molecule has 2 aromatic rings. The second-order valence-electron chi connectivity index (χ2n) is 6.13. The maximum Gasteiger partial charge on any atom is 0.331 e. The summed E-state index contributed by atoms with van der Waals surface area (Å²) in [5.41, 5.74) is 4.82. The third-order valence-corrected chi connectivity index (χ3v) is 3.76. The maximum absolute atomic E-state index is 12.2. The fraction of sp³-hybridized carbons (Fsp3) is 0.238. The summed E-state index contributed by atoms with van der Waals surface area (Å²) in [5, 5.41) is 2.78. The van der Waals surface area contributed by atoms with Gasteiger partial charge in [0.05, 0.1) is 0 Å². The summed E-state index contributed by atoms with van der Waals surface area (Å²) < 4.78 is 5.16. The summed E-state index contributed by atoms with van der Waals surface area (Å²) in [6.45, 7) is 7.44. The van der Waals surface area contributed by atoms with Crippen LogP contribution in [-0.2, 0) is 14.3 Å². The highest BCUT2D eigenvalue weighted by molar-refractivity contribution is 5.97. The molecule has 0 aliphatic rings. The molecule has 25 heavy (non-hydrogen) atoms. The van der Waals surface area contributed by atoms with E-state index in [0.29, 0.717) is 5.69 Å². The maximum atomic E-state index is 12.2. The molecule has 1 atom stereocenters. The Hall–Kier alpha value is -2.88. The van der Waals surface area contributed by atoms with E-state index in [4.69, 9.17) is 4.74 Å². The van der Waals surface area contributed by atoms with Gasteiger partial charge < -0.3 is 10.1 Å². The molecule has 0 bridgehead atoms. The number of carbonyl (C=O) groups excluding carboxylic acids is 2. The fourth-order valence-corrected chi connectivity index (χ4v) is 2.39. The van der Waals surface area contributed by atoms with E-state index in [2.05, 4.69) is 5.32 Å². The Balaban J connectivity index is 1.92. The molecule has 0 aliphatic carbocycles. The minimum atomic E-state index is -0.879. The van der Waals surface area contributed by atoms with Crippen LogP contribution in [0.4, 0.5) is 5.69 Å². The van der Waals surface area contributed by atoms with Gasteiger partial charge in [-0.15, -0.1) is 0 Å². The van der Waals surface area contributed by atoms with Crippen LogP contribution in [0.15, 0.2) is 48.5 Å². The lowest BCUT2D eigenvalue weighted by Gasteiger charge is -2.14. The predicted molar refractivity (Wildman–Crippen MR) is 100 cm³/mol. The summed E-state index contributed by atoms with van der Waals surface area (Å²) in [5.74, 6) is -0.908. The first-order valence-electron chi connectivity index (χ1n) is 8.18. The number of rotatable bonds is 5. The lowest BCUT2D eigenvalue weighted by molar-refractivity contribution is -0.148. The topological polar surface area (TPSA) is 55.4 Å². The first-order chi connectivity index (χ1) is 11.8. The number of amides is 1. The summed E-state index contributed by atoms with van der Waals surface area (Å²) in [4.78, 5) is 24.1. The molecule has 2 rings (SSSR count). The molecule has 0 saturated carbocycles. The van der Waals surface area contributed by atoms with Crippen molar-refractivity contribution in [3.63, 3.8) is 0 Å². The Kier molecular flexibility index (Phi) is 6.12. The zero-order chi connectivity index (χ0) is 18.4. The van der Waals surface area contributed by atoms with E-state index in [0.717, 1.165) is 22.3 Å². The molecule has 0 unspecified atom stereocenters. The van der Waals surface area contributed by atoms with Crippen LogP contribution in [0.3, 0.4) is 0 Å². The molecule has 130 valence electrons. The van der Waals surface area contributed by atoms with E-state index < -0.39 is 12.1 Å². The van der Waals surface area contributed by atoms with Gasteiger partial charge in [0.25, 0.3) is 5.91 Å². The summed E-state index contributed by atoms with van der Waals surface area (Å²) in [7, 11) is 0. The zero-order valence-corrected chi connectivity index (χ0v) is 15.0.